The molecule has 6 rings (SSSR count). The van der Waals surface area contributed by atoms with Gasteiger partial charge in [0.05, 0.1) is 17.6 Å². The van der Waals surface area contributed by atoms with E-state index in [9.17, 15) is 14.7 Å². The zero-order chi connectivity index (χ0) is 14.5. The predicted octanol–water partition coefficient (Wildman–Crippen LogP) is 0.747. The number of ketones is 1. The monoisotopic (exact) mass is 290 g/mol. The fourth-order valence-corrected chi connectivity index (χ4v) is 5.58. The molecular formula is C16H18O5. The molecule has 2 heterocycles. The molecule has 6 atom stereocenters. The number of epoxide rings is 1. The second-order valence-corrected chi connectivity index (χ2v) is 7.37. The van der Waals surface area contributed by atoms with E-state index < -0.39 is 22.4 Å². The van der Waals surface area contributed by atoms with Crippen LogP contribution in [-0.4, -0.2) is 41.3 Å². The van der Waals surface area contributed by atoms with Gasteiger partial charge in [0, 0.05) is 17.8 Å². The third kappa shape index (κ3) is 1.15. The van der Waals surface area contributed by atoms with E-state index in [0.717, 1.165) is 12.8 Å². The van der Waals surface area contributed by atoms with Crippen LogP contribution in [0.2, 0.25) is 0 Å². The summed E-state index contributed by atoms with van der Waals surface area (Å²) in [6, 6.07) is 0. The highest BCUT2D eigenvalue weighted by Crippen LogP contribution is 2.69. The summed E-state index contributed by atoms with van der Waals surface area (Å²) in [5.74, 6) is -0.541. The van der Waals surface area contributed by atoms with E-state index in [1.807, 2.05) is 0 Å². The average Bonchev–Trinajstić information content (AvgIpc) is 3.25. The molecule has 5 fully saturated rings. The Hall–Kier alpha value is -1.20. The zero-order valence-corrected chi connectivity index (χ0v) is 11.7. The van der Waals surface area contributed by atoms with Gasteiger partial charge in [-0.25, -0.2) is 4.79 Å². The van der Waals surface area contributed by atoms with Crippen molar-refractivity contribution in [1.29, 1.82) is 0 Å². The summed E-state index contributed by atoms with van der Waals surface area (Å²) < 4.78 is 11.2. The van der Waals surface area contributed by atoms with Gasteiger partial charge in [-0.2, -0.15) is 0 Å². The molecule has 4 aliphatic carbocycles. The minimum absolute atomic E-state index is 0.0235. The molecule has 6 aliphatic rings. The van der Waals surface area contributed by atoms with Gasteiger partial charge in [0.25, 0.3) is 0 Å². The fraction of sp³-hybridized carbons (Fsp3) is 0.750. The number of carbonyl (C=O) groups excluding carboxylic acids is 2. The minimum atomic E-state index is -1.53. The lowest BCUT2D eigenvalue weighted by molar-refractivity contribution is -0.256. The normalized spacial score (nSPS) is 56.9. The topological polar surface area (TPSA) is 76.1 Å². The van der Waals surface area contributed by atoms with Gasteiger partial charge in [-0.3, -0.25) is 4.79 Å². The van der Waals surface area contributed by atoms with Gasteiger partial charge in [-0.1, -0.05) is 12.2 Å². The first-order valence-corrected chi connectivity index (χ1v) is 7.78. The van der Waals surface area contributed by atoms with Gasteiger partial charge in [0.15, 0.2) is 5.60 Å². The van der Waals surface area contributed by atoms with Crippen molar-refractivity contribution in [2.24, 2.45) is 16.7 Å². The molecule has 112 valence electrons. The SMILES string of the molecule is O=C1C[C@@]23CC[C@@H]1C[C@]2(O)C(=O)OCC31C=CC[C@H]2O[C@H]21. The summed E-state index contributed by atoms with van der Waals surface area (Å²) in [6.07, 6.45) is 7.09. The van der Waals surface area contributed by atoms with E-state index >= 15 is 0 Å². The molecule has 0 aromatic rings. The Balaban J connectivity index is 1.74. The molecular weight excluding hydrogens is 272 g/mol. The third-order valence-electron chi connectivity index (χ3n) is 6.73. The van der Waals surface area contributed by atoms with E-state index in [4.69, 9.17) is 9.47 Å². The molecule has 0 amide bonds. The first kappa shape index (κ1) is 12.4. The lowest BCUT2D eigenvalue weighted by atomic mass is 9.41. The van der Waals surface area contributed by atoms with Crippen LogP contribution in [0.25, 0.3) is 0 Å². The molecule has 0 aromatic heterocycles. The van der Waals surface area contributed by atoms with Crippen molar-refractivity contribution in [3.05, 3.63) is 12.2 Å². The second kappa shape index (κ2) is 3.41. The standard InChI is InChI=1S/C16H18O5/c17-10-7-15-5-3-9(10)6-16(15,19)13(18)20-8-14(15)4-1-2-11-12(14)21-11/h1,4,9,11-12,19H,2-3,5-8H2/t9-,11-,12-,14?,15-,16+/m1/s1. The summed E-state index contributed by atoms with van der Waals surface area (Å²) >= 11 is 0. The summed E-state index contributed by atoms with van der Waals surface area (Å²) in [5, 5.41) is 11.2. The number of hydrogen-bond donors (Lipinski definition) is 1. The summed E-state index contributed by atoms with van der Waals surface area (Å²) in [5.41, 5.74) is -2.79. The zero-order valence-electron chi connectivity index (χ0n) is 11.7. The van der Waals surface area contributed by atoms with Gasteiger partial charge in [0.2, 0.25) is 0 Å². The van der Waals surface area contributed by atoms with Crippen LogP contribution in [-0.2, 0) is 19.1 Å². The lowest BCUT2D eigenvalue weighted by Gasteiger charge is -2.64. The van der Waals surface area contributed by atoms with Crippen molar-refractivity contribution < 1.29 is 24.2 Å². The number of Topliss-reactive ketones (excluding diaryl/α,β-unsaturated/α-hetero) is 1. The van der Waals surface area contributed by atoms with Crippen molar-refractivity contribution in [1.82, 2.24) is 0 Å². The molecule has 0 aromatic carbocycles. The van der Waals surface area contributed by atoms with Gasteiger partial charge < -0.3 is 14.6 Å². The Morgan fingerprint density at radius 2 is 2.19 bits per heavy atom. The number of ether oxygens (including phenoxy) is 2. The largest absolute Gasteiger partial charge is 0.462 e. The van der Waals surface area contributed by atoms with Crippen LogP contribution >= 0.6 is 0 Å². The highest BCUT2D eigenvalue weighted by molar-refractivity contribution is 5.91. The lowest BCUT2D eigenvalue weighted by Crippen LogP contribution is -2.74. The molecule has 1 unspecified atom stereocenters. The first-order chi connectivity index (χ1) is 10.0. The number of hydrogen-bond acceptors (Lipinski definition) is 5. The van der Waals surface area contributed by atoms with E-state index in [1.165, 1.54) is 0 Å². The van der Waals surface area contributed by atoms with Crippen molar-refractivity contribution in [2.45, 2.75) is 49.9 Å². The molecule has 1 N–H and O–H groups in total. The quantitative estimate of drug-likeness (QED) is 0.405. The van der Waals surface area contributed by atoms with E-state index in [1.54, 1.807) is 0 Å². The number of aliphatic hydroxyl groups is 1. The highest BCUT2D eigenvalue weighted by Gasteiger charge is 2.78. The summed E-state index contributed by atoms with van der Waals surface area (Å²) in [6.45, 7) is 0.226. The van der Waals surface area contributed by atoms with Crippen LogP contribution in [0.15, 0.2) is 12.2 Å². The highest BCUT2D eigenvalue weighted by atomic mass is 16.6. The van der Waals surface area contributed by atoms with Crippen LogP contribution in [0.4, 0.5) is 0 Å². The third-order valence-corrected chi connectivity index (χ3v) is 6.73. The van der Waals surface area contributed by atoms with Gasteiger partial charge >= 0.3 is 5.97 Å². The second-order valence-electron chi connectivity index (χ2n) is 7.37. The Labute approximate surface area is 122 Å². The average molecular weight is 290 g/mol. The number of esters is 1. The Morgan fingerprint density at radius 3 is 3.00 bits per heavy atom. The van der Waals surface area contributed by atoms with Crippen molar-refractivity contribution in [3.8, 4) is 0 Å². The summed E-state index contributed by atoms with van der Waals surface area (Å²) in [7, 11) is 0. The fourth-order valence-electron chi connectivity index (χ4n) is 5.58. The van der Waals surface area contributed by atoms with Crippen LogP contribution < -0.4 is 0 Å². The van der Waals surface area contributed by atoms with E-state index in [2.05, 4.69) is 12.2 Å². The van der Waals surface area contributed by atoms with E-state index in [-0.39, 0.29) is 43.4 Å². The van der Waals surface area contributed by atoms with Gasteiger partial charge in [-0.15, -0.1) is 0 Å². The van der Waals surface area contributed by atoms with Crippen LogP contribution in [0.5, 0.6) is 0 Å². The Bertz CT molecular complexity index is 597. The minimum Gasteiger partial charge on any atom is -0.462 e. The molecule has 3 saturated carbocycles. The Morgan fingerprint density at radius 1 is 1.33 bits per heavy atom. The molecule has 5 nitrogen and oxygen atoms in total. The maximum absolute atomic E-state index is 12.4. The molecule has 5 heteroatoms. The van der Waals surface area contributed by atoms with Crippen LogP contribution in [0.1, 0.15) is 32.1 Å². The molecule has 21 heavy (non-hydrogen) atoms. The van der Waals surface area contributed by atoms with Gasteiger partial charge in [0.1, 0.15) is 12.4 Å². The Kier molecular flexibility index (Phi) is 2.01. The molecule has 2 saturated heterocycles. The molecule has 0 radical (unpaired) electrons. The first-order valence-electron chi connectivity index (χ1n) is 7.78. The number of carbonyl (C=O) groups is 2. The number of cyclic esters (lactones) is 1. The predicted molar refractivity (Wildman–Crippen MR) is 70.2 cm³/mol. The van der Waals surface area contributed by atoms with Gasteiger partial charge in [-0.05, 0) is 25.7 Å². The number of fused-ring (bicyclic) bond motifs is 4. The van der Waals surface area contributed by atoms with Crippen molar-refractivity contribution in [3.63, 3.8) is 0 Å². The maximum atomic E-state index is 12.4. The smallest absolute Gasteiger partial charge is 0.338 e. The molecule has 2 bridgehead atoms. The van der Waals surface area contributed by atoms with Crippen LogP contribution in [0, 0.1) is 16.7 Å². The van der Waals surface area contributed by atoms with Crippen molar-refractivity contribution in [2.75, 3.05) is 6.61 Å². The molecule has 2 aliphatic heterocycles. The van der Waals surface area contributed by atoms with E-state index in [0.29, 0.717) is 6.42 Å². The number of rotatable bonds is 0. The van der Waals surface area contributed by atoms with Crippen LogP contribution in [0.3, 0.4) is 0 Å². The van der Waals surface area contributed by atoms with Crippen molar-refractivity contribution >= 4 is 11.8 Å². The summed E-state index contributed by atoms with van der Waals surface area (Å²) in [4.78, 5) is 24.7. The molecule has 2 spiro atoms. The maximum Gasteiger partial charge on any atom is 0.338 e.